The molecule has 1 fully saturated rings. The average Bonchev–Trinajstić information content (AvgIpc) is 3.08. The van der Waals surface area contributed by atoms with Crippen molar-refractivity contribution >= 4 is 17.7 Å². The van der Waals surface area contributed by atoms with Crippen LogP contribution in [-0.4, -0.2) is 33.0 Å². The van der Waals surface area contributed by atoms with Gasteiger partial charge in [0.05, 0.1) is 5.75 Å². The highest BCUT2D eigenvalue weighted by atomic mass is 32.2. The van der Waals surface area contributed by atoms with Gasteiger partial charge in [0.25, 0.3) is 0 Å². The third-order valence-electron chi connectivity index (χ3n) is 4.95. The molecule has 2 aromatic rings. The van der Waals surface area contributed by atoms with E-state index in [1.54, 1.807) is 0 Å². The summed E-state index contributed by atoms with van der Waals surface area (Å²) in [5.41, 5.74) is 2.26. The van der Waals surface area contributed by atoms with Gasteiger partial charge >= 0.3 is 0 Å². The molecule has 0 radical (unpaired) electrons. The van der Waals surface area contributed by atoms with Crippen molar-refractivity contribution in [1.82, 2.24) is 20.1 Å². The summed E-state index contributed by atoms with van der Waals surface area (Å²) < 4.78 is 2.08. The zero-order valence-electron chi connectivity index (χ0n) is 15.7. The molecule has 0 bridgehead atoms. The maximum Gasteiger partial charge on any atom is 0.230 e. The van der Waals surface area contributed by atoms with E-state index >= 15 is 0 Å². The number of hydrogen-bond donors (Lipinski definition) is 1. The summed E-state index contributed by atoms with van der Waals surface area (Å²) in [6.45, 7) is 5.75. The monoisotopic (exact) mass is 372 g/mol. The highest BCUT2D eigenvalue weighted by molar-refractivity contribution is 7.99. The normalized spacial score (nSPS) is 15.2. The van der Waals surface area contributed by atoms with Crippen LogP contribution < -0.4 is 5.32 Å². The lowest BCUT2D eigenvalue weighted by molar-refractivity contribution is -0.118. The molecule has 1 aromatic carbocycles. The Morgan fingerprint density at radius 2 is 2.08 bits per heavy atom. The zero-order chi connectivity index (χ0) is 18.4. The van der Waals surface area contributed by atoms with Crippen molar-refractivity contribution < 1.29 is 4.79 Å². The molecule has 3 rings (SSSR count). The van der Waals surface area contributed by atoms with E-state index in [0.717, 1.165) is 29.6 Å². The van der Waals surface area contributed by atoms with Gasteiger partial charge in [0.15, 0.2) is 11.0 Å². The molecule has 0 unspecified atom stereocenters. The Morgan fingerprint density at radius 1 is 1.27 bits per heavy atom. The molecule has 0 aliphatic heterocycles. The van der Waals surface area contributed by atoms with Gasteiger partial charge < -0.3 is 9.88 Å². The van der Waals surface area contributed by atoms with E-state index in [1.807, 2.05) is 6.07 Å². The van der Waals surface area contributed by atoms with Crippen LogP contribution in [0, 0.1) is 12.8 Å². The van der Waals surface area contributed by atoms with Crippen LogP contribution in [0.3, 0.4) is 0 Å². The Kier molecular flexibility index (Phi) is 6.72. The number of hydrogen-bond acceptors (Lipinski definition) is 4. The maximum atomic E-state index is 12.2. The van der Waals surface area contributed by atoms with Gasteiger partial charge in [-0.05, 0) is 38.7 Å². The summed E-state index contributed by atoms with van der Waals surface area (Å²) in [6.07, 6.45) is 6.44. The number of aromatic nitrogens is 3. The second kappa shape index (κ2) is 9.21. The molecular weight excluding hydrogens is 344 g/mol. The SMILES string of the molecule is CCn1c(SCC(=O)NCC2CCCCC2)nnc1-c1cccc(C)c1. The number of nitrogens with zero attached hydrogens (tertiary/aromatic N) is 3. The highest BCUT2D eigenvalue weighted by Gasteiger charge is 2.16. The summed E-state index contributed by atoms with van der Waals surface area (Å²) in [7, 11) is 0. The van der Waals surface area contributed by atoms with Crippen molar-refractivity contribution in [2.24, 2.45) is 5.92 Å². The Labute approximate surface area is 160 Å². The van der Waals surface area contributed by atoms with Gasteiger partial charge in [-0.15, -0.1) is 10.2 Å². The first-order valence-electron chi connectivity index (χ1n) is 9.57. The summed E-state index contributed by atoms with van der Waals surface area (Å²) in [5.74, 6) is 1.99. The Balaban J connectivity index is 1.57. The number of carbonyl (C=O) groups is 1. The molecule has 1 heterocycles. The molecule has 1 aliphatic carbocycles. The number of amides is 1. The lowest BCUT2D eigenvalue weighted by Crippen LogP contribution is -2.31. The minimum Gasteiger partial charge on any atom is -0.355 e. The lowest BCUT2D eigenvalue weighted by Gasteiger charge is -2.21. The van der Waals surface area contributed by atoms with Crippen molar-refractivity contribution in [2.75, 3.05) is 12.3 Å². The Morgan fingerprint density at radius 3 is 2.81 bits per heavy atom. The van der Waals surface area contributed by atoms with Gasteiger partial charge in [0, 0.05) is 18.7 Å². The molecule has 1 aliphatic rings. The Hall–Kier alpha value is -1.82. The molecule has 0 saturated heterocycles. The number of thioether (sulfide) groups is 1. The molecule has 0 spiro atoms. The number of rotatable bonds is 7. The molecule has 1 aromatic heterocycles. The van der Waals surface area contributed by atoms with Crippen molar-refractivity contribution in [2.45, 2.75) is 57.7 Å². The van der Waals surface area contributed by atoms with Crippen LogP contribution >= 0.6 is 11.8 Å². The Bertz CT molecular complexity index is 737. The van der Waals surface area contributed by atoms with E-state index in [4.69, 9.17) is 0 Å². The summed E-state index contributed by atoms with van der Waals surface area (Å²) in [5, 5.41) is 12.6. The molecule has 0 atom stereocenters. The molecule has 140 valence electrons. The van der Waals surface area contributed by atoms with Crippen molar-refractivity contribution in [3.8, 4) is 11.4 Å². The van der Waals surface area contributed by atoms with Gasteiger partial charge in [0.1, 0.15) is 0 Å². The smallest absolute Gasteiger partial charge is 0.230 e. The third kappa shape index (κ3) is 4.87. The van der Waals surface area contributed by atoms with Crippen LogP contribution in [0.2, 0.25) is 0 Å². The standard InChI is InChI=1S/C20H28N4OS/c1-3-24-19(17-11-7-8-15(2)12-17)22-23-20(24)26-14-18(25)21-13-16-9-5-4-6-10-16/h7-8,11-12,16H,3-6,9-10,13-14H2,1-2H3,(H,21,25). The fraction of sp³-hybridized carbons (Fsp3) is 0.550. The molecule has 6 heteroatoms. The first-order valence-corrected chi connectivity index (χ1v) is 10.6. The van der Waals surface area contributed by atoms with Crippen LogP contribution in [0.5, 0.6) is 0 Å². The van der Waals surface area contributed by atoms with E-state index in [9.17, 15) is 4.79 Å². The highest BCUT2D eigenvalue weighted by Crippen LogP contribution is 2.25. The van der Waals surface area contributed by atoms with Crippen LogP contribution in [0.25, 0.3) is 11.4 Å². The molecule has 1 N–H and O–H groups in total. The van der Waals surface area contributed by atoms with Gasteiger partial charge in [-0.1, -0.05) is 54.8 Å². The van der Waals surface area contributed by atoms with Crippen LogP contribution in [-0.2, 0) is 11.3 Å². The second-order valence-corrected chi connectivity index (χ2v) is 7.96. The maximum absolute atomic E-state index is 12.2. The minimum absolute atomic E-state index is 0.0864. The van der Waals surface area contributed by atoms with E-state index in [0.29, 0.717) is 11.7 Å². The molecule has 26 heavy (non-hydrogen) atoms. The number of aryl methyl sites for hydroxylation is 1. The fourth-order valence-corrected chi connectivity index (χ4v) is 4.34. The summed E-state index contributed by atoms with van der Waals surface area (Å²) >= 11 is 1.46. The molecular formula is C20H28N4OS. The van der Waals surface area contributed by atoms with Crippen molar-refractivity contribution in [3.63, 3.8) is 0 Å². The molecule has 5 nitrogen and oxygen atoms in total. The zero-order valence-corrected chi connectivity index (χ0v) is 16.5. The largest absolute Gasteiger partial charge is 0.355 e. The van der Waals surface area contributed by atoms with E-state index in [2.05, 4.69) is 52.1 Å². The average molecular weight is 373 g/mol. The fourth-order valence-electron chi connectivity index (χ4n) is 3.51. The molecule has 1 amide bonds. The predicted octanol–water partition coefficient (Wildman–Crippen LogP) is 4.06. The second-order valence-electron chi connectivity index (χ2n) is 7.02. The summed E-state index contributed by atoms with van der Waals surface area (Å²) in [4.78, 5) is 12.2. The van der Waals surface area contributed by atoms with Crippen molar-refractivity contribution in [1.29, 1.82) is 0 Å². The van der Waals surface area contributed by atoms with Gasteiger partial charge in [-0.2, -0.15) is 0 Å². The van der Waals surface area contributed by atoms with Crippen LogP contribution in [0.4, 0.5) is 0 Å². The number of benzene rings is 1. The van der Waals surface area contributed by atoms with E-state index in [1.165, 1.54) is 49.4 Å². The first kappa shape index (κ1) is 19.0. The quantitative estimate of drug-likeness (QED) is 0.745. The first-order chi connectivity index (χ1) is 12.7. The lowest BCUT2D eigenvalue weighted by atomic mass is 9.89. The van der Waals surface area contributed by atoms with Gasteiger partial charge in [-0.3, -0.25) is 4.79 Å². The van der Waals surface area contributed by atoms with Crippen LogP contribution in [0.1, 0.15) is 44.6 Å². The van der Waals surface area contributed by atoms with Gasteiger partial charge in [-0.25, -0.2) is 0 Å². The number of nitrogens with one attached hydrogen (secondary N) is 1. The van der Waals surface area contributed by atoms with Crippen LogP contribution in [0.15, 0.2) is 29.4 Å². The predicted molar refractivity (Wildman–Crippen MR) is 106 cm³/mol. The van der Waals surface area contributed by atoms with E-state index in [-0.39, 0.29) is 5.91 Å². The van der Waals surface area contributed by atoms with Crippen molar-refractivity contribution in [3.05, 3.63) is 29.8 Å². The topological polar surface area (TPSA) is 59.8 Å². The van der Waals surface area contributed by atoms with E-state index < -0.39 is 0 Å². The third-order valence-corrected chi connectivity index (χ3v) is 5.92. The van der Waals surface area contributed by atoms with Gasteiger partial charge in [0.2, 0.25) is 5.91 Å². The minimum atomic E-state index is 0.0864. The number of carbonyl (C=O) groups excluding carboxylic acids is 1. The summed E-state index contributed by atoms with van der Waals surface area (Å²) in [6, 6.07) is 8.27. The molecule has 1 saturated carbocycles.